The van der Waals surface area contributed by atoms with Gasteiger partial charge in [0.25, 0.3) is 0 Å². The van der Waals surface area contributed by atoms with Crippen molar-refractivity contribution in [3.8, 4) is 0 Å². The van der Waals surface area contributed by atoms with E-state index >= 15 is 0 Å². The lowest BCUT2D eigenvalue weighted by Crippen LogP contribution is -2.33. The van der Waals surface area contributed by atoms with E-state index in [0.29, 0.717) is 5.92 Å². The molecule has 1 N–H and O–H groups in total. The van der Waals surface area contributed by atoms with E-state index in [9.17, 15) is 4.79 Å². The summed E-state index contributed by atoms with van der Waals surface area (Å²) >= 11 is 0. The number of fused-ring (bicyclic) bond motifs is 1. The van der Waals surface area contributed by atoms with Gasteiger partial charge in [-0.15, -0.1) is 0 Å². The summed E-state index contributed by atoms with van der Waals surface area (Å²) in [5, 5.41) is 3.04. The quantitative estimate of drug-likeness (QED) is 0.780. The number of carbonyl (C=O) groups is 1. The Hall–Kier alpha value is -0.530. The van der Waals surface area contributed by atoms with E-state index in [2.05, 4.69) is 19.2 Å². The van der Waals surface area contributed by atoms with Crippen LogP contribution < -0.4 is 5.32 Å². The molecule has 0 saturated heterocycles. The van der Waals surface area contributed by atoms with Crippen molar-refractivity contribution < 1.29 is 4.79 Å². The van der Waals surface area contributed by atoms with E-state index < -0.39 is 0 Å². The van der Waals surface area contributed by atoms with Gasteiger partial charge in [0.2, 0.25) is 5.91 Å². The molecular weight excluding hydrogens is 198 g/mol. The topological polar surface area (TPSA) is 29.1 Å². The molecule has 0 bridgehead atoms. The average molecular weight is 223 g/mol. The number of hydrogen-bond acceptors (Lipinski definition) is 1. The van der Waals surface area contributed by atoms with E-state index in [-0.39, 0.29) is 11.8 Å². The predicted octanol–water partition coefficient (Wildman–Crippen LogP) is 2.98. The number of carbonyl (C=O) groups excluding carboxylic acids is 1. The minimum atomic E-state index is 0.233. The highest BCUT2D eigenvalue weighted by Gasteiger charge is 2.40. The van der Waals surface area contributed by atoms with Gasteiger partial charge in [0.1, 0.15) is 0 Å². The third kappa shape index (κ3) is 2.41. The van der Waals surface area contributed by atoms with Gasteiger partial charge in [-0.3, -0.25) is 4.79 Å². The van der Waals surface area contributed by atoms with Crippen molar-refractivity contribution in [2.75, 3.05) is 6.54 Å². The lowest BCUT2D eigenvalue weighted by molar-refractivity contribution is -0.126. The fourth-order valence-electron chi connectivity index (χ4n) is 3.64. The highest BCUT2D eigenvalue weighted by Crippen LogP contribution is 2.48. The molecule has 0 radical (unpaired) electrons. The summed E-state index contributed by atoms with van der Waals surface area (Å²) in [6, 6.07) is 0. The second-order valence-corrected chi connectivity index (χ2v) is 5.76. The Morgan fingerprint density at radius 3 is 2.50 bits per heavy atom. The monoisotopic (exact) mass is 223 g/mol. The molecule has 2 aliphatic carbocycles. The molecule has 0 heterocycles. The van der Waals surface area contributed by atoms with Gasteiger partial charge in [0.05, 0.1) is 0 Å². The van der Waals surface area contributed by atoms with Crippen molar-refractivity contribution in [2.24, 2.45) is 23.7 Å². The van der Waals surface area contributed by atoms with Crippen LogP contribution in [0.2, 0.25) is 0 Å². The number of hydrogen-bond donors (Lipinski definition) is 1. The Kier molecular flexibility index (Phi) is 3.88. The van der Waals surface area contributed by atoms with Gasteiger partial charge in [0, 0.05) is 12.5 Å². The normalized spacial score (nSPS) is 34.8. The molecule has 2 nitrogen and oxygen atoms in total. The second kappa shape index (κ2) is 5.20. The average Bonchev–Trinajstić information content (AvgIpc) is 2.84. The minimum absolute atomic E-state index is 0.233. The third-order valence-corrected chi connectivity index (χ3v) is 4.70. The summed E-state index contributed by atoms with van der Waals surface area (Å²) < 4.78 is 0. The van der Waals surface area contributed by atoms with Crippen molar-refractivity contribution in [3.05, 3.63) is 0 Å². The second-order valence-electron chi connectivity index (χ2n) is 5.76. The Morgan fingerprint density at radius 2 is 1.94 bits per heavy atom. The van der Waals surface area contributed by atoms with Gasteiger partial charge < -0.3 is 5.32 Å². The maximum atomic E-state index is 11.9. The van der Waals surface area contributed by atoms with E-state index in [4.69, 9.17) is 0 Å². The molecule has 4 atom stereocenters. The van der Waals surface area contributed by atoms with Gasteiger partial charge in [0.15, 0.2) is 0 Å². The van der Waals surface area contributed by atoms with Crippen molar-refractivity contribution >= 4 is 5.91 Å². The molecule has 2 aliphatic rings. The maximum Gasteiger partial charge on any atom is 0.223 e. The number of rotatable bonds is 4. The molecule has 0 aromatic rings. The highest BCUT2D eigenvalue weighted by molar-refractivity contribution is 5.78. The summed E-state index contributed by atoms with van der Waals surface area (Å²) in [6.07, 6.45) is 7.93. The zero-order valence-corrected chi connectivity index (χ0v) is 10.7. The molecule has 0 aliphatic heterocycles. The Labute approximate surface area is 99.2 Å². The lowest BCUT2D eigenvalue weighted by Gasteiger charge is -2.19. The molecule has 1 unspecified atom stereocenters. The Bertz CT molecular complexity index is 239. The Morgan fingerprint density at radius 1 is 1.31 bits per heavy atom. The van der Waals surface area contributed by atoms with E-state index in [1.807, 2.05) is 0 Å². The van der Waals surface area contributed by atoms with Crippen LogP contribution in [-0.2, 0) is 4.79 Å². The fraction of sp³-hybridized carbons (Fsp3) is 0.929. The van der Waals surface area contributed by atoms with E-state index in [1.54, 1.807) is 0 Å². The lowest BCUT2D eigenvalue weighted by atomic mass is 9.89. The van der Waals surface area contributed by atoms with Crippen LogP contribution in [-0.4, -0.2) is 12.5 Å². The van der Waals surface area contributed by atoms with E-state index in [0.717, 1.165) is 24.8 Å². The van der Waals surface area contributed by atoms with Crippen LogP contribution >= 0.6 is 0 Å². The van der Waals surface area contributed by atoms with Crippen molar-refractivity contribution in [2.45, 2.75) is 52.4 Å². The summed E-state index contributed by atoms with van der Waals surface area (Å²) in [7, 11) is 0. The van der Waals surface area contributed by atoms with Crippen LogP contribution in [0.3, 0.4) is 0 Å². The number of amides is 1. The molecule has 16 heavy (non-hydrogen) atoms. The van der Waals surface area contributed by atoms with Crippen LogP contribution in [0.15, 0.2) is 0 Å². The van der Waals surface area contributed by atoms with Crippen LogP contribution in [0.4, 0.5) is 0 Å². The van der Waals surface area contributed by atoms with Gasteiger partial charge in [-0.25, -0.2) is 0 Å². The smallest absolute Gasteiger partial charge is 0.223 e. The molecule has 0 aromatic carbocycles. The predicted molar refractivity (Wildman–Crippen MR) is 66.0 cm³/mol. The zero-order valence-electron chi connectivity index (χ0n) is 10.7. The fourth-order valence-corrected chi connectivity index (χ4v) is 3.64. The molecule has 2 rings (SSSR count). The first-order valence-corrected chi connectivity index (χ1v) is 7.00. The zero-order chi connectivity index (χ0) is 11.5. The molecular formula is C14H25NO. The van der Waals surface area contributed by atoms with Gasteiger partial charge in [-0.2, -0.15) is 0 Å². The summed E-state index contributed by atoms with van der Waals surface area (Å²) in [6.45, 7) is 5.06. The standard InChI is InChI=1S/C14H25NO/c1-3-7-15-14(16)10(2)13-8-11-5-4-6-12(11)9-13/h10-13H,3-9H2,1-2H3,(H,15,16)/t10-,11-,12+,13?/m0/s1. The molecule has 0 aromatic heterocycles. The van der Waals surface area contributed by atoms with E-state index in [1.165, 1.54) is 32.1 Å². The third-order valence-electron chi connectivity index (χ3n) is 4.70. The molecule has 1 amide bonds. The number of nitrogens with one attached hydrogen (secondary N) is 1. The molecule has 2 heteroatoms. The van der Waals surface area contributed by atoms with Gasteiger partial charge >= 0.3 is 0 Å². The SMILES string of the molecule is CCCNC(=O)[C@@H](C)C1C[C@H]2CCC[C@H]2C1. The van der Waals surface area contributed by atoms with Crippen molar-refractivity contribution in [3.63, 3.8) is 0 Å². The molecule has 2 saturated carbocycles. The largest absolute Gasteiger partial charge is 0.356 e. The van der Waals surface area contributed by atoms with Gasteiger partial charge in [-0.1, -0.05) is 33.1 Å². The van der Waals surface area contributed by atoms with Crippen LogP contribution in [0.5, 0.6) is 0 Å². The van der Waals surface area contributed by atoms with Crippen LogP contribution in [0, 0.1) is 23.7 Å². The minimum Gasteiger partial charge on any atom is -0.356 e. The maximum absolute atomic E-state index is 11.9. The van der Waals surface area contributed by atoms with Crippen molar-refractivity contribution in [1.29, 1.82) is 0 Å². The summed E-state index contributed by atoms with van der Waals surface area (Å²) in [5.74, 6) is 3.08. The Balaban J connectivity index is 1.82. The molecule has 92 valence electrons. The van der Waals surface area contributed by atoms with Crippen LogP contribution in [0.1, 0.15) is 52.4 Å². The first-order chi connectivity index (χ1) is 7.72. The molecule has 0 spiro atoms. The summed E-state index contributed by atoms with van der Waals surface area (Å²) in [5.41, 5.74) is 0. The highest BCUT2D eigenvalue weighted by atomic mass is 16.1. The first kappa shape index (κ1) is 11.9. The van der Waals surface area contributed by atoms with Crippen molar-refractivity contribution in [1.82, 2.24) is 5.32 Å². The van der Waals surface area contributed by atoms with Gasteiger partial charge in [-0.05, 0) is 37.0 Å². The molecule has 2 fully saturated rings. The summed E-state index contributed by atoms with van der Waals surface area (Å²) in [4.78, 5) is 11.9. The first-order valence-electron chi connectivity index (χ1n) is 7.00. The van der Waals surface area contributed by atoms with Crippen LogP contribution in [0.25, 0.3) is 0 Å².